The lowest BCUT2D eigenvalue weighted by molar-refractivity contribution is -0.159. The van der Waals surface area contributed by atoms with Gasteiger partial charge in [0.2, 0.25) is 0 Å². The summed E-state index contributed by atoms with van der Waals surface area (Å²) in [6, 6.07) is 25.6. The van der Waals surface area contributed by atoms with E-state index in [1.54, 1.807) is 0 Å². The van der Waals surface area contributed by atoms with Gasteiger partial charge >= 0.3 is 11.9 Å². The van der Waals surface area contributed by atoms with Crippen molar-refractivity contribution >= 4 is 17.8 Å². The third-order valence-electron chi connectivity index (χ3n) is 11.0. The van der Waals surface area contributed by atoms with Crippen LogP contribution in [-0.4, -0.2) is 92.6 Å². The number of fused-ring (bicyclic) bond motifs is 3. The highest BCUT2D eigenvalue weighted by molar-refractivity contribution is 5.94. The number of benzene rings is 3. The van der Waals surface area contributed by atoms with E-state index >= 15 is 0 Å². The highest BCUT2D eigenvalue weighted by atomic mass is 16.7. The summed E-state index contributed by atoms with van der Waals surface area (Å²) in [5, 5.41) is 0. The van der Waals surface area contributed by atoms with Crippen molar-refractivity contribution in [2.24, 2.45) is 11.8 Å². The highest BCUT2D eigenvalue weighted by Crippen LogP contribution is 2.34. The Hall–Kier alpha value is -4.25. The first kappa shape index (κ1) is 36.1. The lowest BCUT2D eigenvalue weighted by Crippen LogP contribution is -2.52. The van der Waals surface area contributed by atoms with Gasteiger partial charge in [-0.15, -0.1) is 0 Å². The van der Waals surface area contributed by atoms with Gasteiger partial charge in [0, 0.05) is 37.5 Å². The van der Waals surface area contributed by atoms with Crippen molar-refractivity contribution in [2.45, 2.75) is 69.9 Å². The summed E-state index contributed by atoms with van der Waals surface area (Å²) in [7, 11) is 0. The van der Waals surface area contributed by atoms with Gasteiger partial charge < -0.3 is 28.6 Å². The van der Waals surface area contributed by atoms with Crippen LogP contribution in [0.15, 0.2) is 78.9 Å². The maximum Gasteiger partial charge on any atom is 0.309 e. The molecule has 3 aromatic carbocycles. The Balaban J connectivity index is 0.887. The molecule has 0 spiro atoms. The molecule has 2 atom stereocenters. The Morgan fingerprint density at radius 3 is 2.25 bits per heavy atom. The first-order valence-corrected chi connectivity index (χ1v) is 19.0. The van der Waals surface area contributed by atoms with E-state index in [0.29, 0.717) is 82.4 Å². The molecule has 5 heterocycles. The minimum Gasteiger partial charge on any atom is -0.489 e. The molecule has 0 aromatic heterocycles. The fourth-order valence-corrected chi connectivity index (χ4v) is 7.89. The molecule has 5 aliphatic heterocycles. The van der Waals surface area contributed by atoms with E-state index in [1.165, 1.54) is 0 Å². The molecule has 0 saturated carbocycles. The third kappa shape index (κ3) is 9.40. The van der Waals surface area contributed by atoms with E-state index in [0.717, 1.165) is 49.2 Å². The van der Waals surface area contributed by atoms with E-state index in [2.05, 4.69) is 17.0 Å². The second-order valence-corrected chi connectivity index (χ2v) is 14.4. The molecule has 10 nitrogen and oxygen atoms in total. The van der Waals surface area contributed by atoms with Crippen molar-refractivity contribution in [3.05, 3.63) is 101 Å². The largest absolute Gasteiger partial charge is 0.489 e. The SMILES string of the molecule is O=C(C[C@@H](c1ccccc1)c1cccc(OCc2ccc(C(=O)N3CCC(C(=O)OCCCC4OCCO4)CC3)cc2)c1)O[C@H]1CN2CCC1CC2. The van der Waals surface area contributed by atoms with Crippen molar-refractivity contribution < 1.29 is 38.1 Å². The summed E-state index contributed by atoms with van der Waals surface area (Å²) < 4.78 is 28.6. The normalized spacial score (nSPS) is 22.5. The molecule has 3 aromatic rings. The molecule has 0 aliphatic carbocycles. The van der Waals surface area contributed by atoms with Crippen LogP contribution in [-0.2, 0) is 35.1 Å². The van der Waals surface area contributed by atoms with Crippen LogP contribution < -0.4 is 4.74 Å². The van der Waals surface area contributed by atoms with Crippen LogP contribution in [0.3, 0.4) is 0 Å². The molecule has 276 valence electrons. The molecule has 10 heteroatoms. The second-order valence-electron chi connectivity index (χ2n) is 14.4. The summed E-state index contributed by atoms with van der Waals surface area (Å²) in [6.45, 7) is 6.02. The number of hydrogen-bond donors (Lipinski definition) is 0. The van der Waals surface area contributed by atoms with Gasteiger partial charge in [-0.3, -0.25) is 19.3 Å². The molecule has 0 unspecified atom stereocenters. The van der Waals surface area contributed by atoms with Gasteiger partial charge in [-0.2, -0.15) is 0 Å². The van der Waals surface area contributed by atoms with Gasteiger partial charge in [0.25, 0.3) is 5.91 Å². The minimum absolute atomic E-state index is 0.0143. The molecular weight excluding hydrogens is 660 g/mol. The van der Waals surface area contributed by atoms with Gasteiger partial charge in [0.05, 0.1) is 32.2 Å². The van der Waals surface area contributed by atoms with Crippen LogP contribution in [0.4, 0.5) is 0 Å². The third-order valence-corrected chi connectivity index (χ3v) is 11.0. The number of carbonyl (C=O) groups excluding carboxylic acids is 3. The molecule has 5 fully saturated rings. The van der Waals surface area contributed by atoms with Crippen LogP contribution in [0.25, 0.3) is 0 Å². The van der Waals surface area contributed by atoms with Gasteiger partial charge in [-0.1, -0.05) is 54.6 Å². The van der Waals surface area contributed by atoms with Crippen LogP contribution >= 0.6 is 0 Å². The lowest BCUT2D eigenvalue weighted by atomic mass is 9.85. The first-order valence-electron chi connectivity index (χ1n) is 19.0. The van der Waals surface area contributed by atoms with E-state index in [-0.39, 0.29) is 48.5 Å². The van der Waals surface area contributed by atoms with E-state index in [9.17, 15) is 14.4 Å². The van der Waals surface area contributed by atoms with Crippen molar-refractivity contribution in [1.29, 1.82) is 0 Å². The molecule has 0 N–H and O–H groups in total. The topological polar surface area (TPSA) is 104 Å². The zero-order chi connectivity index (χ0) is 35.7. The van der Waals surface area contributed by atoms with Crippen molar-refractivity contribution in [3.8, 4) is 5.75 Å². The molecule has 8 rings (SSSR count). The number of rotatable bonds is 14. The molecular formula is C42H50N2O8. The number of hydrogen-bond acceptors (Lipinski definition) is 9. The van der Waals surface area contributed by atoms with Crippen molar-refractivity contribution in [3.63, 3.8) is 0 Å². The van der Waals surface area contributed by atoms with Gasteiger partial charge in [0.15, 0.2) is 6.29 Å². The Morgan fingerprint density at radius 2 is 1.54 bits per heavy atom. The van der Waals surface area contributed by atoms with Crippen molar-refractivity contribution in [2.75, 3.05) is 52.5 Å². The Labute approximate surface area is 306 Å². The Morgan fingerprint density at radius 1 is 0.808 bits per heavy atom. The van der Waals surface area contributed by atoms with Crippen LogP contribution in [0.2, 0.25) is 0 Å². The maximum absolute atomic E-state index is 13.3. The number of esters is 2. The lowest BCUT2D eigenvalue weighted by Gasteiger charge is -2.44. The highest BCUT2D eigenvalue weighted by Gasteiger charge is 2.37. The summed E-state index contributed by atoms with van der Waals surface area (Å²) >= 11 is 0. The summed E-state index contributed by atoms with van der Waals surface area (Å²) in [6.07, 6.45) is 4.87. The molecule has 5 saturated heterocycles. The Kier molecular flexibility index (Phi) is 12.2. The fourth-order valence-electron chi connectivity index (χ4n) is 7.89. The standard InChI is InChI=1S/C42H50N2O8/c45-39(52-38-28-43-19-15-32(38)16-20-43)27-37(31-6-2-1-3-7-31)35-8-4-9-36(26-35)51-29-30-11-13-33(14-12-30)41(46)44-21-17-34(18-22-44)42(47)50-23-5-10-40-48-24-25-49-40/h1-4,6-9,11-14,26,32,34,37-38,40H,5,10,15-25,27-29H2/t37-,38-/m0/s1. The summed E-state index contributed by atoms with van der Waals surface area (Å²) in [4.78, 5) is 43.4. The predicted molar refractivity (Wildman–Crippen MR) is 194 cm³/mol. The quantitative estimate of drug-likeness (QED) is 0.148. The molecule has 0 radical (unpaired) electrons. The monoisotopic (exact) mass is 710 g/mol. The minimum atomic E-state index is -0.187. The van der Waals surface area contributed by atoms with E-state index < -0.39 is 0 Å². The second kappa shape index (κ2) is 17.5. The summed E-state index contributed by atoms with van der Waals surface area (Å²) in [5.41, 5.74) is 3.61. The number of ether oxygens (including phenoxy) is 5. The van der Waals surface area contributed by atoms with Crippen molar-refractivity contribution in [1.82, 2.24) is 9.80 Å². The van der Waals surface area contributed by atoms with Crippen LogP contribution in [0.5, 0.6) is 5.75 Å². The van der Waals surface area contributed by atoms with Gasteiger partial charge in [-0.05, 0) is 92.1 Å². The molecule has 5 aliphatic rings. The molecule has 2 bridgehead atoms. The van der Waals surface area contributed by atoms with Crippen LogP contribution in [0.1, 0.15) is 77.9 Å². The number of amides is 1. The molecule has 1 amide bonds. The van der Waals surface area contributed by atoms with E-state index in [4.69, 9.17) is 23.7 Å². The number of likely N-dealkylation sites (tertiary alicyclic amines) is 1. The Bertz CT molecular complexity index is 1630. The maximum atomic E-state index is 13.3. The number of nitrogens with zero attached hydrogens (tertiary/aromatic N) is 2. The van der Waals surface area contributed by atoms with Gasteiger partial charge in [-0.25, -0.2) is 0 Å². The smallest absolute Gasteiger partial charge is 0.309 e. The number of piperidine rings is 4. The van der Waals surface area contributed by atoms with E-state index in [1.807, 2.05) is 71.6 Å². The fraction of sp³-hybridized carbons (Fsp3) is 0.500. The number of carbonyl (C=O) groups is 3. The predicted octanol–water partition coefficient (Wildman–Crippen LogP) is 5.97. The average molecular weight is 711 g/mol. The molecule has 52 heavy (non-hydrogen) atoms. The zero-order valence-electron chi connectivity index (χ0n) is 29.9. The average Bonchev–Trinajstić information content (AvgIpc) is 3.72. The van der Waals surface area contributed by atoms with Gasteiger partial charge in [0.1, 0.15) is 18.5 Å². The summed E-state index contributed by atoms with van der Waals surface area (Å²) in [5.74, 6) is 0.452. The van der Waals surface area contributed by atoms with Crippen LogP contribution in [0, 0.1) is 11.8 Å². The first-order chi connectivity index (χ1) is 25.5. The zero-order valence-corrected chi connectivity index (χ0v) is 29.9.